The minimum absolute atomic E-state index is 0.147. The van der Waals surface area contributed by atoms with Gasteiger partial charge in [0.2, 0.25) is 5.91 Å². The van der Waals surface area contributed by atoms with Gasteiger partial charge in [0.05, 0.1) is 19.8 Å². The lowest BCUT2D eigenvalue weighted by Crippen LogP contribution is -2.45. The molecule has 1 amide bonds. The Balaban J connectivity index is 1.91. The lowest BCUT2D eigenvalue weighted by Gasteiger charge is -2.29. The summed E-state index contributed by atoms with van der Waals surface area (Å²) in [7, 11) is 1.93. The zero-order chi connectivity index (χ0) is 13.7. The summed E-state index contributed by atoms with van der Waals surface area (Å²) in [5.74, 6) is 0.147. The van der Waals surface area contributed by atoms with Crippen molar-refractivity contribution in [1.82, 2.24) is 4.90 Å². The predicted octanol–water partition coefficient (Wildman–Crippen LogP) is 0.440. The molecule has 0 bridgehead atoms. The minimum atomic E-state index is 0.147. The van der Waals surface area contributed by atoms with Crippen LogP contribution < -0.4 is 10.6 Å². The summed E-state index contributed by atoms with van der Waals surface area (Å²) in [4.78, 5) is 15.9. The molecule has 0 aliphatic carbocycles. The van der Waals surface area contributed by atoms with E-state index in [1.54, 1.807) is 0 Å². The molecule has 1 aromatic carbocycles. The lowest BCUT2D eigenvalue weighted by molar-refractivity contribution is -0.133. The first kappa shape index (κ1) is 13.8. The number of hydrogen-bond donors (Lipinski definition) is 1. The molecule has 0 radical (unpaired) electrons. The van der Waals surface area contributed by atoms with Crippen LogP contribution in [0.1, 0.15) is 5.56 Å². The molecule has 5 heteroatoms. The van der Waals surface area contributed by atoms with Gasteiger partial charge in [-0.25, -0.2) is 0 Å². The van der Waals surface area contributed by atoms with Crippen LogP contribution in [0, 0.1) is 0 Å². The van der Waals surface area contributed by atoms with E-state index >= 15 is 0 Å². The van der Waals surface area contributed by atoms with Crippen LogP contribution in [0.4, 0.5) is 5.69 Å². The number of hydrogen-bond acceptors (Lipinski definition) is 4. The maximum absolute atomic E-state index is 12.1. The number of benzene rings is 1. The van der Waals surface area contributed by atoms with Gasteiger partial charge in [0.25, 0.3) is 0 Å². The van der Waals surface area contributed by atoms with E-state index in [0.29, 0.717) is 39.4 Å². The molecule has 0 spiro atoms. The Morgan fingerprint density at radius 3 is 2.53 bits per heavy atom. The molecule has 1 heterocycles. The zero-order valence-electron chi connectivity index (χ0n) is 11.3. The topological polar surface area (TPSA) is 58.8 Å². The van der Waals surface area contributed by atoms with Crippen LogP contribution in [0.3, 0.4) is 0 Å². The van der Waals surface area contributed by atoms with E-state index in [1.807, 2.05) is 41.1 Å². The number of nitrogens with zero attached hydrogens (tertiary/aromatic N) is 2. The maximum Gasteiger partial charge on any atom is 0.242 e. The van der Waals surface area contributed by atoms with Crippen LogP contribution in [0.2, 0.25) is 0 Å². The molecule has 1 aromatic rings. The van der Waals surface area contributed by atoms with Crippen molar-refractivity contribution in [3.05, 3.63) is 29.8 Å². The molecule has 1 fully saturated rings. The van der Waals surface area contributed by atoms with Crippen molar-refractivity contribution in [2.75, 3.05) is 44.8 Å². The Morgan fingerprint density at radius 1 is 1.32 bits per heavy atom. The van der Waals surface area contributed by atoms with Crippen molar-refractivity contribution in [1.29, 1.82) is 0 Å². The summed E-state index contributed by atoms with van der Waals surface area (Å²) in [6.07, 6.45) is 0. The number of carbonyl (C=O) groups excluding carboxylic acids is 1. The molecule has 5 nitrogen and oxygen atoms in total. The van der Waals surface area contributed by atoms with Gasteiger partial charge < -0.3 is 20.3 Å². The molecule has 0 saturated carbocycles. The number of nitrogens with two attached hydrogens (primary N) is 1. The van der Waals surface area contributed by atoms with Crippen LogP contribution in [0.25, 0.3) is 0 Å². The van der Waals surface area contributed by atoms with E-state index in [0.717, 1.165) is 11.3 Å². The van der Waals surface area contributed by atoms with E-state index in [4.69, 9.17) is 10.5 Å². The monoisotopic (exact) mass is 263 g/mol. The van der Waals surface area contributed by atoms with Crippen LogP contribution in [-0.2, 0) is 16.1 Å². The quantitative estimate of drug-likeness (QED) is 0.856. The number of carbonyl (C=O) groups is 1. The number of anilines is 1. The molecule has 104 valence electrons. The first-order valence-electron chi connectivity index (χ1n) is 6.56. The second-order valence-corrected chi connectivity index (χ2v) is 4.72. The van der Waals surface area contributed by atoms with Gasteiger partial charge in [-0.1, -0.05) is 12.1 Å². The maximum atomic E-state index is 12.1. The fraction of sp³-hybridized carbons (Fsp3) is 0.500. The van der Waals surface area contributed by atoms with Gasteiger partial charge in [-0.15, -0.1) is 0 Å². The van der Waals surface area contributed by atoms with E-state index in [9.17, 15) is 4.79 Å². The Bertz CT molecular complexity index is 413. The van der Waals surface area contributed by atoms with Crippen LogP contribution >= 0.6 is 0 Å². The zero-order valence-corrected chi connectivity index (χ0v) is 11.3. The Labute approximate surface area is 113 Å². The van der Waals surface area contributed by atoms with Crippen molar-refractivity contribution in [2.24, 2.45) is 5.73 Å². The molecule has 0 aromatic heterocycles. The highest BCUT2D eigenvalue weighted by atomic mass is 16.5. The SMILES string of the molecule is CN(CC(=O)N1CCOCC1)c1ccc(CN)cc1. The third-order valence-corrected chi connectivity index (χ3v) is 3.35. The molecule has 2 rings (SSSR count). The summed E-state index contributed by atoms with van der Waals surface area (Å²) >= 11 is 0. The standard InChI is InChI=1S/C14H21N3O2/c1-16(13-4-2-12(10-15)3-5-13)11-14(18)17-6-8-19-9-7-17/h2-5H,6-11,15H2,1H3. The first-order chi connectivity index (χ1) is 9.20. The highest BCUT2D eigenvalue weighted by Crippen LogP contribution is 2.13. The number of amides is 1. The molecule has 1 saturated heterocycles. The van der Waals surface area contributed by atoms with E-state index in [2.05, 4.69) is 0 Å². The second kappa shape index (κ2) is 6.54. The average molecular weight is 263 g/mol. The molecule has 19 heavy (non-hydrogen) atoms. The van der Waals surface area contributed by atoms with Gasteiger partial charge in [0, 0.05) is 32.4 Å². The Kier molecular flexibility index (Phi) is 4.76. The van der Waals surface area contributed by atoms with E-state index in [1.165, 1.54) is 0 Å². The van der Waals surface area contributed by atoms with E-state index in [-0.39, 0.29) is 5.91 Å². The molecule has 0 atom stereocenters. The summed E-state index contributed by atoms with van der Waals surface area (Å²) in [6.45, 7) is 3.59. The smallest absolute Gasteiger partial charge is 0.242 e. The van der Waals surface area contributed by atoms with E-state index < -0.39 is 0 Å². The lowest BCUT2D eigenvalue weighted by atomic mass is 10.2. The minimum Gasteiger partial charge on any atom is -0.378 e. The average Bonchev–Trinajstić information content (AvgIpc) is 2.48. The largest absolute Gasteiger partial charge is 0.378 e. The van der Waals surface area contributed by atoms with Crippen molar-refractivity contribution < 1.29 is 9.53 Å². The third-order valence-electron chi connectivity index (χ3n) is 3.35. The number of rotatable bonds is 4. The van der Waals surface area contributed by atoms with Crippen LogP contribution in [-0.4, -0.2) is 50.7 Å². The van der Waals surface area contributed by atoms with Gasteiger partial charge in [-0.2, -0.15) is 0 Å². The Morgan fingerprint density at radius 2 is 1.95 bits per heavy atom. The molecule has 2 N–H and O–H groups in total. The predicted molar refractivity (Wildman–Crippen MR) is 75.0 cm³/mol. The molecule has 1 aliphatic heterocycles. The van der Waals surface area contributed by atoms with Crippen LogP contribution in [0.5, 0.6) is 0 Å². The summed E-state index contributed by atoms with van der Waals surface area (Å²) in [5, 5.41) is 0. The van der Waals surface area contributed by atoms with Crippen molar-refractivity contribution in [3.8, 4) is 0 Å². The van der Waals surface area contributed by atoms with Crippen molar-refractivity contribution >= 4 is 11.6 Å². The number of ether oxygens (including phenoxy) is 1. The number of morpholine rings is 1. The second-order valence-electron chi connectivity index (χ2n) is 4.72. The summed E-state index contributed by atoms with van der Waals surface area (Å²) < 4.78 is 5.25. The summed E-state index contributed by atoms with van der Waals surface area (Å²) in [5.41, 5.74) is 7.69. The molecular formula is C14H21N3O2. The van der Waals surface area contributed by atoms with Gasteiger partial charge in [-0.3, -0.25) is 4.79 Å². The Hall–Kier alpha value is -1.59. The van der Waals surface area contributed by atoms with Crippen LogP contribution in [0.15, 0.2) is 24.3 Å². The molecule has 1 aliphatic rings. The van der Waals surface area contributed by atoms with Gasteiger partial charge in [0.15, 0.2) is 0 Å². The van der Waals surface area contributed by atoms with Crippen molar-refractivity contribution in [2.45, 2.75) is 6.54 Å². The fourth-order valence-electron chi connectivity index (χ4n) is 2.09. The summed E-state index contributed by atoms with van der Waals surface area (Å²) in [6, 6.07) is 7.97. The fourth-order valence-corrected chi connectivity index (χ4v) is 2.09. The van der Waals surface area contributed by atoms with Gasteiger partial charge in [0.1, 0.15) is 0 Å². The normalized spacial score (nSPS) is 15.4. The number of likely N-dealkylation sites (N-methyl/N-ethyl adjacent to an activating group) is 1. The third kappa shape index (κ3) is 3.68. The highest BCUT2D eigenvalue weighted by Gasteiger charge is 2.18. The van der Waals surface area contributed by atoms with Gasteiger partial charge in [-0.05, 0) is 17.7 Å². The molecule has 0 unspecified atom stereocenters. The van der Waals surface area contributed by atoms with Gasteiger partial charge >= 0.3 is 0 Å². The first-order valence-corrected chi connectivity index (χ1v) is 6.56. The molecular weight excluding hydrogens is 242 g/mol. The highest BCUT2D eigenvalue weighted by molar-refractivity contribution is 5.81. The van der Waals surface area contributed by atoms with Crippen molar-refractivity contribution in [3.63, 3.8) is 0 Å².